The van der Waals surface area contributed by atoms with E-state index >= 15 is 0 Å². The lowest BCUT2D eigenvalue weighted by Crippen LogP contribution is -2.43. The second-order valence-corrected chi connectivity index (χ2v) is 8.87. The Morgan fingerprint density at radius 1 is 1.10 bits per heavy atom. The Balaban J connectivity index is 2.27. The zero-order chi connectivity index (χ0) is 22.1. The van der Waals surface area contributed by atoms with E-state index in [-0.39, 0.29) is 24.6 Å². The summed E-state index contributed by atoms with van der Waals surface area (Å²) in [6.07, 6.45) is 0.641. The van der Waals surface area contributed by atoms with Gasteiger partial charge in [0.15, 0.2) is 0 Å². The molecule has 0 saturated carbocycles. The first-order valence-electron chi connectivity index (χ1n) is 9.76. The van der Waals surface area contributed by atoms with Crippen molar-refractivity contribution in [1.82, 2.24) is 0 Å². The van der Waals surface area contributed by atoms with E-state index in [2.05, 4.69) is 0 Å². The van der Waals surface area contributed by atoms with Crippen molar-refractivity contribution < 1.29 is 23.8 Å². The monoisotopic (exact) mass is 433 g/mol. The summed E-state index contributed by atoms with van der Waals surface area (Å²) in [5.41, 5.74) is 1.54. The number of hydrogen-bond donors (Lipinski definition) is 0. The zero-order valence-electron chi connectivity index (χ0n) is 17.4. The smallest absolute Gasteiger partial charge is 0.312 e. The minimum Gasteiger partial charge on any atom is -0.461 e. The van der Waals surface area contributed by atoms with Crippen molar-refractivity contribution in [3.8, 4) is 0 Å². The van der Waals surface area contributed by atoms with Gasteiger partial charge in [-0.2, -0.15) is 0 Å². The summed E-state index contributed by atoms with van der Waals surface area (Å²) in [5.74, 6) is -1.04. The fourth-order valence-corrected chi connectivity index (χ4v) is 4.21. The summed E-state index contributed by atoms with van der Waals surface area (Å²) in [6.45, 7) is 4.08. The molecule has 30 heavy (non-hydrogen) atoms. The lowest BCUT2D eigenvalue weighted by Gasteiger charge is -2.35. The second-order valence-electron chi connectivity index (χ2n) is 7.65. The van der Waals surface area contributed by atoms with Crippen LogP contribution in [0.5, 0.6) is 0 Å². The predicted octanol–water partition coefficient (Wildman–Crippen LogP) is 4.64. The zero-order valence-corrected chi connectivity index (χ0v) is 18.6. The molecule has 0 aliphatic heterocycles. The van der Waals surface area contributed by atoms with Gasteiger partial charge < -0.3 is 14.0 Å². The van der Waals surface area contributed by atoms with Crippen molar-refractivity contribution in [1.29, 1.82) is 0 Å². The number of rotatable bonds is 11. The number of ether oxygens (including phenoxy) is 2. The number of benzene rings is 2. The Labute approximate surface area is 177 Å². The molecule has 0 aliphatic rings. The summed E-state index contributed by atoms with van der Waals surface area (Å²) < 4.78 is 23.7. The molecular formula is C22H28NO6P. The lowest BCUT2D eigenvalue weighted by atomic mass is 9.87. The van der Waals surface area contributed by atoms with Crippen LogP contribution in [0.4, 0.5) is 5.69 Å². The molecule has 0 N–H and O–H groups in total. The second kappa shape index (κ2) is 11.0. The summed E-state index contributed by atoms with van der Waals surface area (Å²) in [6, 6.07) is 15.3. The van der Waals surface area contributed by atoms with Crippen LogP contribution in [-0.4, -0.2) is 23.3 Å². The van der Waals surface area contributed by atoms with Crippen molar-refractivity contribution in [3.63, 3.8) is 0 Å². The number of nitrogens with zero attached hydrogens (tertiary/aromatic N) is 1. The number of non-ortho nitro benzene ring substituents is 1. The third-order valence-electron chi connectivity index (χ3n) is 5.01. The van der Waals surface area contributed by atoms with E-state index in [1.54, 1.807) is 12.1 Å². The molecule has 0 heterocycles. The first-order chi connectivity index (χ1) is 14.3. The highest BCUT2D eigenvalue weighted by atomic mass is 31.1. The fraction of sp³-hybridized carbons (Fsp3) is 0.409. The molecule has 0 saturated heterocycles. The summed E-state index contributed by atoms with van der Waals surface area (Å²) in [4.78, 5) is 23.4. The van der Waals surface area contributed by atoms with Gasteiger partial charge in [-0.25, -0.2) is 0 Å². The van der Waals surface area contributed by atoms with Crippen LogP contribution in [0.1, 0.15) is 31.4 Å². The SMILES string of the molecule is COC(Cc1ccc([N+](=O)[O-])cc1)([PH2]=O)C(CC(C)C)C(=O)OCc1ccccc1. The van der Waals surface area contributed by atoms with E-state index in [9.17, 15) is 19.5 Å². The molecule has 0 fully saturated rings. The minimum absolute atomic E-state index is 0.0303. The van der Waals surface area contributed by atoms with Crippen LogP contribution in [0.25, 0.3) is 0 Å². The molecule has 7 nitrogen and oxygen atoms in total. The molecule has 0 bridgehead atoms. The molecule has 0 radical (unpaired) electrons. The van der Waals surface area contributed by atoms with E-state index in [1.807, 2.05) is 44.2 Å². The van der Waals surface area contributed by atoms with Crippen LogP contribution >= 0.6 is 8.46 Å². The van der Waals surface area contributed by atoms with Gasteiger partial charge in [0.25, 0.3) is 5.69 Å². The predicted molar refractivity (Wildman–Crippen MR) is 116 cm³/mol. The molecule has 3 unspecified atom stereocenters. The number of carbonyl (C=O) groups is 1. The van der Waals surface area contributed by atoms with Crippen LogP contribution in [0.2, 0.25) is 0 Å². The normalized spacial score (nSPS) is 14.5. The van der Waals surface area contributed by atoms with E-state index < -0.39 is 30.6 Å². The molecule has 0 aliphatic carbocycles. The average molecular weight is 433 g/mol. The van der Waals surface area contributed by atoms with Crippen molar-refractivity contribution >= 4 is 20.1 Å². The van der Waals surface area contributed by atoms with Gasteiger partial charge >= 0.3 is 5.97 Å². The largest absolute Gasteiger partial charge is 0.461 e. The molecular weight excluding hydrogens is 405 g/mol. The summed E-state index contributed by atoms with van der Waals surface area (Å²) in [5, 5.41) is 9.66. The van der Waals surface area contributed by atoms with Crippen LogP contribution in [0.15, 0.2) is 54.6 Å². The van der Waals surface area contributed by atoms with E-state index in [0.717, 1.165) is 5.56 Å². The van der Waals surface area contributed by atoms with Gasteiger partial charge in [-0.15, -0.1) is 0 Å². The highest BCUT2D eigenvalue weighted by molar-refractivity contribution is 7.25. The quantitative estimate of drug-likeness (QED) is 0.222. The van der Waals surface area contributed by atoms with Gasteiger partial charge in [0.05, 0.1) is 19.3 Å². The summed E-state index contributed by atoms with van der Waals surface area (Å²) >= 11 is 0. The van der Waals surface area contributed by atoms with Gasteiger partial charge in [0.1, 0.15) is 11.9 Å². The van der Waals surface area contributed by atoms with E-state index in [4.69, 9.17) is 9.47 Å². The molecule has 2 aromatic carbocycles. The van der Waals surface area contributed by atoms with Crippen molar-refractivity contribution in [2.75, 3.05) is 7.11 Å². The van der Waals surface area contributed by atoms with Crippen molar-refractivity contribution in [2.24, 2.45) is 11.8 Å². The molecule has 2 rings (SSSR count). The fourth-order valence-electron chi connectivity index (χ4n) is 3.36. The third kappa shape index (κ3) is 6.25. The van der Waals surface area contributed by atoms with Gasteiger partial charge in [-0.3, -0.25) is 14.9 Å². The number of nitro benzene ring substituents is 1. The molecule has 3 atom stereocenters. The van der Waals surface area contributed by atoms with E-state index in [1.165, 1.54) is 19.2 Å². The number of esters is 1. The molecule has 8 heteroatoms. The van der Waals surface area contributed by atoms with Crippen LogP contribution < -0.4 is 0 Å². The maximum Gasteiger partial charge on any atom is 0.312 e. The molecule has 2 aromatic rings. The number of methoxy groups -OCH3 is 1. The Bertz CT molecular complexity index is 856. The van der Waals surface area contributed by atoms with Gasteiger partial charge in [-0.05, 0) is 23.5 Å². The topological polar surface area (TPSA) is 95.7 Å². The van der Waals surface area contributed by atoms with Crippen LogP contribution in [-0.2, 0) is 31.9 Å². The Morgan fingerprint density at radius 2 is 1.73 bits per heavy atom. The minimum atomic E-state index is -1.50. The maximum atomic E-state index is 13.0. The molecule has 0 aromatic heterocycles. The highest BCUT2D eigenvalue weighted by Gasteiger charge is 2.44. The maximum absolute atomic E-state index is 13.0. The standard InChI is InChI=1S/C22H28NO6P/c1-16(2)13-20(21(24)29-15-18-7-5-4-6-8-18)22(28-3,30-27)14-17-9-11-19(12-10-17)23(25)26/h4-12,16,20H,13-15,30H2,1-3H3. The van der Waals surface area contributed by atoms with Crippen LogP contribution in [0.3, 0.4) is 0 Å². The number of hydrogen-bond acceptors (Lipinski definition) is 6. The van der Waals surface area contributed by atoms with Gasteiger partial charge in [0.2, 0.25) is 0 Å². The molecule has 0 spiro atoms. The molecule has 162 valence electrons. The van der Waals surface area contributed by atoms with Crippen molar-refractivity contribution in [2.45, 2.75) is 38.6 Å². The first-order valence-corrected chi connectivity index (χ1v) is 10.8. The van der Waals surface area contributed by atoms with Gasteiger partial charge in [0, 0.05) is 25.7 Å². The average Bonchev–Trinajstić information content (AvgIpc) is 2.75. The molecule has 0 amide bonds. The van der Waals surface area contributed by atoms with Crippen LogP contribution in [0, 0.1) is 22.0 Å². The van der Waals surface area contributed by atoms with Gasteiger partial charge in [-0.1, -0.05) is 56.3 Å². The van der Waals surface area contributed by atoms with E-state index in [0.29, 0.717) is 12.0 Å². The Hall–Kier alpha value is -2.50. The lowest BCUT2D eigenvalue weighted by molar-refractivity contribution is -0.384. The van der Waals surface area contributed by atoms with Crippen molar-refractivity contribution in [3.05, 3.63) is 75.8 Å². The summed E-state index contributed by atoms with van der Waals surface area (Å²) in [7, 11) is -0.0584. The Kier molecular flexibility index (Phi) is 8.75. The Morgan fingerprint density at radius 3 is 2.23 bits per heavy atom. The first kappa shape index (κ1) is 23.8. The highest BCUT2D eigenvalue weighted by Crippen LogP contribution is 2.40. The number of carbonyl (C=O) groups excluding carboxylic acids is 1. The number of nitro groups is 1. The third-order valence-corrected chi connectivity index (χ3v) is 6.25.